The predicted molar refractivity (Wildman–Crippen MR) is 79.7 cm³/mol. The Balaban J connectivity index is 1.99. The molecule has 2 rings (SSSR count). The molecule has 22 heavy (non-hydrogen) atoms. The summed E-state index contributed by atoms with van der Waals surface area (Å²) in [5.41, 5.74) is 2.60. The van der Waals surface area contributed by atoms with Crippen LogP contribution in [0.25, 0.3) is 0 Å². The van der Waals surface area contributed by atoms with Crippen molar-refractivity contribution in [2.75, 3.05) is 33.4 Å². The van der Waals surface area contributed by atoms with Gasteiger partial charge in [0.05, 0.1) is 18.1 Å². The van der Waals surface area contributed by atoms with Crippen LogP contribution in [0.4, 0.5) is 0 Å². The zero-order valence-electron chi connectivity index (χ0n) is 12.4. The average Bonchev–Trinajstić information content (AvgIpc) is 3.07. The molecule has 7 nitrogen and oxygen atoms in total. The third-order valence-electron chi connectivity index (χ3n) is 3.37. The fraction of sp³-hybridized carbons (Fsp3) is 0.500. The molecule has 0 saturated carbocycles. The van der Waals surface area contributed by atoms with Crippen LogP contribution in [-0.2, 0) is 19.6 Å². The zero-order valence-corrected chi connectivity index (χ0v) is 13.3. The van der Waals surface area contributed by atoms with E-state index < -0.39 is 15.9 Å². The molecule has 0 unspecified atom stereocenters. The molecule has 0 atom stereocenters. The van der Waals surface area contributed by atoms with Gasteiger partial charge in [-0.1, -0.05) is 0 Å². The molecule has 1 aromatic rings. The van der Waals surface area contributed by atoms with Gasteiger partial charge in [-0.25, -0.2) is 13.9 Å². The first-order valence-electron chi connectivity index (χ1n) is 7.07. The summed E-state index contributed by atoms with van der Waals surface area (Å²) in [7, 11) is -1.92. The quantitative estimate of drug-likeness (QED) is 0.590. The minimum absolute atomic E-state index is 0.200. The van der Waals surface area contributed by atoms with E-state index in [0.717, 1.165) is 12.8 Å². The summed E-state index contributed by atoms with van der Waals surface area (Å²) in [6.07, 6.45) is 1.77. The largest absolute Gasteiger partial charge is 0.382 e. The van der Waals surface area contributed by atoms with Crippen LogP contribution in [-0.4, -0.2) is 52.0 Å². The third kappa shape index (κ3) is 4.04. The summed E-state index contributed by atoms with van der Waals surface area (Å²) in [5.74, 6) is -0.429. The number of nitrogens with zero attached hydrogens (tertiary/aromatic N) is 1. The van der Waals surface area contributed by atoms with Crippen molar-refractivity contribution >= 4 is 15.9 Å². The Bertz CT molecular complexity index is 594. The van der Waals surface area contributed by atoms with Crippen LogP contribution in [0.3, 0.4) is 0 Å². The molecule has 0 aliphatic carbocycles. The standard InChI is InChI=1S/C14H20N2O5S/c1-20-10-11-21-15-14(17)12-4-6-13(7-5-12)22(18,19)16-8-2-3-9-16/h4-7H,2-3,8-11H2,1H3,(H,15,17). The monoisotopic (exact) mass is 328 g/mol. The number of ether oxygens (including phenoxy) is 1. The second-order valence-electron chi connectivity index (χ2n) is 4.91. The molecule has 0 bridgehead atoms. The minimum Gasteiger partial charge on any atom is -0.382 e. The van der Waals surface area contributed by atoms with E-state index in [1.165, 1.54) is 35.7 Å². The van der Waals surface area contributed by atoms with Crippen molar-refractivity contribution < 1.29 is 22.8 Å². The molecular weight excluding hydrogens is 308 g/mol. The van der Waals surface area contributed by atoms with Gasteiger partial charge in [-0.3, -0.25) is 9.63 Å². The molecule has 1 aliphatic heterocycles. The number of hydroxylamine groups is 1. The summed E-state index contributed by atoms with van der Waals surface area (Å²) in [6, 6.07) is 5.82. The van der Waals surface area contributed by atoms with E-state index >= 15 is 0 Å². The molecule has 1 aromatic carbocycles. The number of methoxy groups -OCH3 is 1. The molecule has 1 amide bonds. The highest BCUT2D eigenvalue weighted by Gasteiger charge is 2.27. The number of benzene rings is 1. The second-order valence-corrected chi connectivity index (χ2v) is 6.85. The van der Waals surface area contributed by atoms with Gasteiger partial charge in [0.1, 0.15) is 0 Å². The summed E-state index contributed by atoms with van der Waals surface area (Å²) in [6.45, 7) is 1.72. The molecule has 0 radical (unpaired) electrons. The predicted octanol–water partition coefficient (Wildman–Crippen LogP) is 0.779. The van der Waals surface area contributed by atoms with Crippen molar-refractivity contribution in [2.24, 2.45) is 0 Å². The molecule has 122 valence electrons. The van der Waals surface area contributed by atoms with Crippen molar-refractivity contribution in [1.82, 2.24) is 9.79 Å². The number of sulfonamides is 1. The number of hydrogen-bond donors (Lipinski definition) is 1. The van der Waals surface area contributed by atoms with Gasteiger partial charge >= 0.3 is 0 Å². The minimum atomic E-state index is -3.45. The molecule has 1 aliphatic rings. The normalized spacial score (nSPS) is 15.9. The lowest BCUT2D eigenvalue weighted by Gasteiger charge is -2.15. The van der Waals surface area contributed by atoms with Crippen LogP contribution < -0.4 is 5.48 Å². The fourth-order valence-corrected chi connectivity index (χ4v) is 3.67. The first-order chi connectivity index (χ1) is 10.6. The van der Waals surface area contributed by atoms with Crippen molar-refractivity contribution in [2.45, 2.75) is 17.7 Å². The maximum Gasteiger partial charge on any atom is 0.274 e. The Kier molecular flexibility index (Phi) is 5.90. The summed E-state index contributed by atoms with van der Waals surface area (Å²) in [4.78, 5) is 16.9. The van der Waals surface area contributed by atoms with Gasteiger partial charge in [-0.15, -0.1) is 0 Å². The molecule has 1 fully saturated rings. The Morgan fingerprint density at radius 3 is 2.41 bits per heavy atom. The van der Waals surface area contributed by atoms with Gasteiger partial charge in [0, 0.05) is 25.8 Å². The van der Waals surface area contributed by atoms with E-state index in [1.807, 2.05) is 0 Å². The molecule has 0 spiro atoms. The molecule has 0 aromatic heterocycles. The Morgan fingerprint density at radius 2 is 1.82 bits per heavy atom. The van der Waals surface area contributed by atoms with E-state index in [0.29, 0.717) is 25.3 Å². The van der Waals surface area contributed by atoms with E-state index in [-0.39, 0.29) is 11.5 Å². The van der Waals surface area contributed by atoms with Gasteiger partial charge < -0.3 is 4.74 Å². The number of hydrogen-bond acceptors (Lipinski definition) is 5. The number of rotatable bonds is 7. The smallest absolute Gasteiger partial charge is 0.274 e. The van der Waals surface area contributed by atoms with E-state index in [2.05, 4.69) is 5.48 Å². The van der Waals surface area contributed by atoms with Crippen LogP contribution in [0.1, 0.15) is 23.2 Å². The number of nitrogens with one attached hydrogen (secondary N) is 1. The molecule has 1 N–H and O–H groups in total. The van der Waals surface area contributed by atoms with Crippen LogP contribution in [0.2, 0.25) is 0 Å². The maximum atomic E-state index is 12.3. The van der Waals surface area contributed by atoms with Gasteiger partial charge in [-0.2, -0.15) is 4.31 Å². The molecule has 1 saturated heterocycles. The average molecular weight is 328 g/mol. The van der Waals surface area contributed by atoms with Crippen molar-refractivity contribution in [1.29, 1.82) is 0 Å². The van der Waals surface area contributed by atoms with Crippen molar-refractivity contribution in [3.63, 3.8) is 0 Å². The van der Waals surface area contributed by atoms with E-state index in [4.69, 9.17) is 9.57 Å². The lowest BCUT2D eigenvalue weighted by atomic mass is 10.2. The molecular formula is C14H20N2O5S. The van der Waals surface area contributed by atoms with Crippen molar-refractivity contribution in [3.8, 4) is 0 Å². The van der Waals surface area contributed by atoms with Gasteiger partial charge in [-0.05, 0) is 37.1 Å². The topological polar surface area (TPSA) is 84.9 Å². The highest BCUT2D eigenvalue weighted by Crippen LogP contribution is 2.21. The van der Waals surface area contributed by atoms with Gasteiger partial charge in [0.25, 0.3) is 5.91 Å². The molecule has 1 heterocycles. The van der Waals surface area contributed by atoms with Gasteiger partial charge in [0.15, 0.2) is 0 Å². The summed E-state index contributed by atoms with van der Waals surface area (Å²) < 4.78 is 30.9. The molecule has 8 heteroatoms. The maximum absolute atomic E-state index is 12.3. The Morgan fingerprint density at radius 1 is 1.18 bits per heavy atom. The Labute approximate surface area is 130 Å². The number of carbonyl (C=O) groups is 1. The van der Waals surface area contributed by atoms with Crippen LogP contribution in [0.5, 0.6) is 0 Å². The third-order valence-corrected chi connectivity index (χ3v) is 5.29. The van der Waals surface area contributed by atoms with E-state index in [1.54, 1.807) is 0 Å². The van der Waals surface area contributed by atoms with E-state index in [9.17, 15) is 13.2 Å². The summed E-state index contributed by atoms with van der Waals surface area (Å²) >= 11 is 0. The van der Waals surface area contributed by atoms with Crippen LogP contribution >= 0.6 is 0 Å². The summed E-state index contributed by atoms with van der Waals surface area (Å²) in [5, 5.41) is 0. The van der Waals surface area contributed by atoms with Crippen LogP contribution in [0, 0.1) is 0 Å². The Hall–Kier alpha value is -1.48. The van der Waals surface area contributed by atoms with Crippen LogP contribution in [0.15, 0.2) is 29.2 Å². The first kappa shape index (κ1) is 16.9. The van der Waals surface area contributed by atoms with Crippen molar-refractivity contribution in [3.05, 3.63) is 29.8 Å². The SMILES string of the molecule is COCCONC(=O)c1ccc(S(=O)(=O)N2CCCC2)cc1. The highest BCUT2D eigenvalue weighted by molar-refractivity contribution is 7.89. The lowest BCUT2D eigenvalue weighted by Crippen LogP contribution is -2.28. The van der Waals surface area contributed by atoms with Gasteiger partial charge in [0.2, 0.25) is 10.0 Å². The zero-order chi connectivity index (χ0) is 16.0. The second kappa shape index (κ2) is 7.68. The number of carbonyl (C=O) groups excluding carboxylic acids is 1. The highest BCUT2D eigenvalue weighted by atomic mass is 32.2. The lowest BCUT2D eigenvalue weighted by molar-refractivity contribution is 0.00888. The number of amides is 1. The fourth-order valence-electron chi connectivity index (χ4n) is 2.16. The first-order valence-corrected chi connectivity index (χ1v) is 8.51.